The van der Waals surface area contributed by atoms with E-state index in [1.807, 2.05) is 24.4 Å². The maximum absolute atomic E-state index is 6.08. The first-order valence-corrected chi connectivity index (χ1v) is 14.4. The molecule has 2 aliphatic rings. The Kier molecular flexibility index (Phi) is 7.14. The molecule has 3 atom stereocenters. The van der Waals surface area contributed by atoms with Crippen LogP contribution in [-0.4, -0.2) is 6.21 Å². The smallest absolute Gasteiger partial charge is 0.134 e. The number of rotatable bonds is 6. The SMILES string of the molecule is Cc1cc(C)cc(COc2ccc(C=Nc3ccc([C@@H]4Nc5ccc(C)cc5[C@@H]5C=CC[C@@H]54)cc3)cc2Br)c1. The molecule has 0 unspecified atom stereocenters. The van der Waals surface area contributed by atoms with Crippen molar-refractivity contribution in [3.63, 3.8) is 0 Å². The van der Waals surface area contributed by atoms with Gasteiger partial charge in [0.25, 0.3) is 0 Å². The van der Waals surface area contributed by atoms with Gasteiger partial charge in [-0.1, -0.05) is 71.3 Å². The number of aryl methyl sites for hydroxylation is 3. The Labute approximate surface area is 239 Å². The van der Waals surface area contributed by atoms with Gasteiger partial charge in [0, 0.05) is 17.8 Å². The number of anilines is 1. The number of allylic oxidation sites excluding steroid dienone is 2. The van der Waals surface area contributed by atoms with Gasteiger partial charge in [-0.2, -0.15) is 0 Å². The molecule has 4 aromatic carbocycles. The molecule has 3 nitrogen and oxygen atoms in total. The molecule has 4 heteroatoms. The Morgan fingerprint density at radius 3 is 2.46 bits per heavy atom. The van der Waals surface area contributed by atoms with Crippen LogP contribution in [0.1, 0.15) is 57.3 Å². The zero-order valence-corrected chi connectivity index (χ0v) is 24.2. The van der Waals surface area contributed by atoms with Crippen molar-refractivity contribution in [2.24, 2.45) is 10.9 Å². The molecular weight excluding hydrogens is 544 g/mol. The normalized spacial score (nSPS) is 19.5. The van der Waals surface area contributed by atoms with E-state index in [1.54, 1.807) is 0 Å². The molecule has 39 heavy (non-hydrogen) atoms. The third kappa shape index (κ3) is 5.58. The van der Waals surface area contributed by atoms with Gasteiger partial charge in [-0.3, -0.25) is 4.99 Å². The van der Waals surface area contributed by atoms with E-state index in [9.17, 15) is 0 Å². The van der Waals surface area contributed by atoms with Crippen LogP contribution in [-0.2, 0) is 6.61 Å². The van der Waals surface area contributed by atoms with Crippen LogP contribution in [0.5, 0.6) is 5.75 Å². The average Bonchev–Trinajstić information content (AvgIpc) is 3.41. The van der Waals surface area contributed by atoms with Gasteiger partial charge in [-0.15, -0.1) is 0 Å². The zero-order chi connectivity index (χ0) is 26.9. The van der Waals surface area contributed by atoms with Crippen molar-refractivity contribution in [3.8, 4) is 5.75 Å². The molecular formula is C35H33BrN2O. The highest BCUT2D eigenvalue weighted by Gasteiger charge is 2.37. The van der Waals surface area contributed by atoms with Gasteiger partial charge in [-0.25, -0.2) is 0 Å². The van der Waals surface area contributed by atoms with Gasteiger partial charge in [0.05, 0.1) is 16.2 Å². The van der Waals surface area contributed by atoms with Crippen LogP contribution in [0.25, 0.3) is 0 Å². The van der Waals surface area contributed by atoms with Gasteiger partial charge in [0.1, 0.15) is 12.4 Å². The fraction of sp³-hybridized carbons (Fsp3) is 0.229. The van der Waals surface area contributed by atoms with Crippen molar-refractivity contribution in [1.82, 2.24) is 0 Å². The lowest BCUT2D eigenvalue weighted by Gasteiger charge is -2.37. The second-order valence-corrected chi connectivity index (χ2v) is 11.7. The molecule has 0 saturated heterocycles. The summed E-state index contributed by atoms with van der Waals surface area (Å²) in [5.74, 6) is 1.85. The van der Waals surface area contributed by atoms with Crippen LogP contribution in [0.15, 0.2) is 100 Å². The molecule has 1 heterocycles. The number of fused-ring (bicyclic) bond motifs is 3. The van der Waals surface area contributed by atoms with Gasteiger partial charge in [0.15, 0.2) is 0 Å². The molecule has 0 bridgehead atoms. The summed E-state index contributed by atoms with van der Waals surface area (Å²) in [7, 11) is 0. The molecule has 0 spiro atoms. The maximum Gasteiger partial charge on any atom is 0.134 e. The van der Waals surface area contributed by atoms with Crippen LogP contribution in [0.2, 0.25) is 0 Å². The summed E-state index contributed by atoms with van der Waals surface area (Å²) < 4.78 is 7.00. The van der Waals surface area contributed by atoms with Crippen molar-refractivity contribution in [1.29, 1.82) is 0 Å². The molecule has 0 fully saturated rings. The third-order valence-corrected chi connectivity index (χ3v) is 8.38. The van der Waals surface area contributed by atoms with E-state index in [0.29, 0.717) is 24.5 Å². The predicted octanol–water partition coefficient (Wildman–Crippen LogP) is 9.53. The Bertz CT molecular complexity index is 1550. The Hall–Kier alpha value is -3.63. The van der Waals surface area contributed by atoms with Crippen LogP contribution in [0, 0.1) is 26.7 Å². The van der Waals surface area contributed by atoms with E-state index in [2.05, 4.69) is 115 Å². The summed E-state index contributed by atoms with van der Waals surface area (Å²) in [5.41, 5.74) is 11.0. The van der Waals surface area contributed by atoms with E-state index >= 15 is 0 Å². The van der Waals surface area contributed by atoms with Gasteiger partial charge in [-0.05, 0) is 108 Å². The van der Waals surface area contributed by atoms with E-state index in [4.69, 9.17) is 9.73 Å². The lowest BCUT2D eigenvalue weighted by atomic mass is 9.76. The highest BCUT2D eigenvalue weighted by Crippen LogP contribution is 2.50. The van der Waals surface area contributed by atoms with Gasteiger partial charge >= 0.3 is 0 Å². The second kappa shape index (κ2) is 10.9. The number of nitrogens with zero attached hydrogens (tertiary/aromatic N) is 1. The second-order valence-electron chi connectivity index (χ2n) is 10.9. The minimum Gasteiger partial charge on any atom is -0.488 e. The van der Waals surface area contributed by atoms with Gasteiger partial charge in [0.2, 0.25) is 0 Å². The maximum atomic E-state index is 6.08. The zero-order valence-electron chi connectivity index (χ0n) is 22.6. The largest absolute Gasteiger partial charge is 0.488 e. The minimum absolute atomic E-state index is 0.297. The summed E-state index contributed by atoms with van der Waals surface area (Å²) >= 11 is 3.67. The number of aliphatic imine (C=N–C) groups is 1. The van der Waals surface area contributed by atoms with Crippen LogP contribution in [0.4, 0.5) is 11.4 Å². The summed E-state index contributed by atoms with van der Waals surface area (Å²) in [4.78, 5) is 4.74. The monoisotopic (exact) mass is 576 g/mol. The van der Waals surface area contributed by atoms with Crippen LogP contribution >= 0.6 is 15.9 Å². The molecule has 1 N–H and O–H groups in total. The highest BCUT2D eigenvalue weighted by atomic mass is 79.9. The average molecular weight is 578 g/mol. The first-order chi connectivity index (χ1) is 18.9. The first kappa shape index (κ1) is 25.6. The van der Waals surface area contributed by atoms with E-state index in [-0.39, 0.29) is 0 Å². The quantitative estimate of drug-likeness (QED) is 0.183. The van der Waals surface area contributed by atoms with Crippen LogP contribution in [0.3, 0.4) is 0 Å². The molecule has 0 amide bonds. The fourth-order valence-corrected chi connectivity index (χ4v) is 6.50. The summed E-state index contributed by atoms with van der Waals surface area (Å²) in [6.07, 6.45) is 7.75. The highest BCUT2D eigenvalue weighted by molar-refractivity contribution is 9.10. The number of nitrogens with one attached hydrogen (secondary N) is 1. The lowest BCUT2D eigenvalue weighted by molar-refractivity contribution is 0.304. The Morgan fingerprint density at radius 2 is 1.69 bits per heavy atom. The number of hydrogen-bond donors (Lipinski definition) is 1. The van der Waals surface area contributed by atoms with E-state index < -0.39 is 0 Å². The minimum atomic E-state index is 0.297. The third-order valence-electron chi connectivity index (χ3n) is 7.76. The summed E-state index contributed by atoms with van der Waals surface area (Å²) in [5, 5.41) is 3.83. The molecule has 1 aliphatic carbocycles. The standard InChI is InChI=1S/C35H33BrN2O/c1-22-7-13-33-31(18-22)29-5-4-6-30(29)35(38-33)27-9-11-28(12-10-27)37-20-25-8-14-34(32(36)19-25)39-21-26-16-23(2)15-24(3)17-26/h4-5,7-20,29-30,35,38H,6,21H2,1-3H3/t29-,30+,35+/m1/s1. The Morgan fingerprint density at radius 1 is 0.897 bits per heavy atom. The molecule has 0 aromatic heterocycles. The summed E-state index contributed by atoms with van der Waals surface area (Å²) in [6.45, 7) is 6.94. The Balaban J connectivity index is 1.12. The van der Waals surface area contributed by atoms with Crippen molar-refractivity contribution in [3.05, 3.63) is 134 Å². The van der Waals surface area contributed by atoms with Crippen molar-refractivity contribution < 1.29 is 4.74 Å². The van der Waals surface area contributed by atoms with Crippen LogP contribution < -0.4 is 10.1 Å². The molecule has 1 aliphatic heterocycles. The van der Waals surface area contributed by atoms with Crippen molar-refractivity contribution in [2.75, 3.05) is 5.32 Å². The van der Waals surface area contributed by atoms with Crippen molar-refractivity contribution >= 4 is 33.5 Å². The number of halogens is 1. The van der Waals surface area contributed by atoms with E-state index in [0.717, 1.165) is 27.9 Å². The topological polar surface area (TPSA) is 33.6 Å². The molecule has 0 radical (unpaired) electrons. The molecule has 0 saturated carbocycles. The first-order valence-electron chi connectivity index (χ1n) is 13.6. The number of benzene rings is 4. The lowest BCUT2D eigenvalue weighted by Crippen LogP contribution is -2.29. The number of hydrogen-bond acceptors (Lipinski definition) is 3. The van der Waals surface area contributed by atoms with Crippen molar-refractivity contribution in [2.45, 2.75) is 45.8 Å². The summed E-state index contributed by atoms with van der Waals surface area (Å²) in [6, 6.07) is 28.3. The molecule has 196 valence electrons. The fourth-order valence-electron chi connectivity index (χ4n) is 5.99. The predicted molar refractivity (Wildman–Crippen MR) is 166 cm³/mol. The van der Waals surface area contributed by atoms with E-state index in [1.165, 1.54) is 39.1 Å². The van der Waals surface area contributed by atoms with Gasteiger partial charge < -0.3 is 10.1 Å². The molecule has 4 aromatic rings. The molecule has 6 rings (SSSR count). The number of ether oxygens (including phenoxy) is 1.